The molecule has 0 saturated heterocycles. The fourth-order valence-corrected chi connectivity index (χ4v) is 2.71. The first-order valence-electron chi connectivity index (χ1n) is 7.08. The summed E-state index contributed by atoms with van der Waals surface area (Å²) in [5.74, 6) is -0.187. The van der Waals surface area contributed by atoms with Crippen LogP contribution in [-0.2, 0) is 6.54 Å². The molecule has 1 rings (SSSR count). The van der Waals surface area contributed by atoms with Gasteiger partial charge in [0.1, 0.15) is 5.82 Å². The number of benzene rings is 1. The Bertz CT molecular complexity index is 370. The SMILES string of the molecule is CCCCCC(C)(C)CNCc1cc(F)cc(Br)c1. The van der Waals surface area contributed by atoms with Crippen molar-refractivity contribution in [2.24, 2.45) is 5.41 Å². The zero-order valence-corrected chi connectivity index (χ0v) is 13.8. The Morgan fingerprint density at radius 2 is 1.95 bits per heavy atom. The van der Waals surface area contributed by atoms with E-state index in [1.54, 1.807) is 6.07 Å². The second-order valence-electron chi connectivity index (χ2n) is 6.00. The molecule has 0 aliphatic rings. The molecule has 0 aliphatic carbocycles. The molecule has 0 bridgehead atoms. The molecule has 0 radical (unpaired) electrons. The maximum Gasteiger partial charge on any atom is 0.124 e. The van der Waals surface area contributed by atoms with Crippen molar-refractivity contribution in [1.29, 1.82) is 0 Å². The smallest absolute Gasteiger partial charge is 0.124 e. The monoisotopic (exact) mass is 329 g/mol. The Morgan fingerprint density at radius 3 is 2.58 bits per heavy atom. The second kappa shape index (κ2) is 8.01. The molecule has 0 aromatic heterocycles. The standard InChI is InChI=1S/C16H25BrFN/c1-4-5-6-7-16(2,3)12-19-11-13-8-14(17)10-15(18)9-13/h8-10,19H,4-7,11-12H2,1-3H3. The summed E-state index contributed by atoms with van der Waals surface area (Å²) in [4.78, 5) is 0. The first-order valence-corrected chi connectivity index (χ1v) is 7.88. The van der Waals surface area contributed by atoms with Crippen LogP contribution in [0.15, 0.2) is 22.7 Å². The number of halogens is 2. The van der Waals surface area contributed by atoms with Crippen LogP contribution >= 0.6 is 15.9 Å². The van der Waals surface area contributed by atoms with Crippen molar-refractivity contribution >= 4 is 15.9 Å². The van der Waals surface area contributed by atoms with Gasteiger partial charge in [0, 0.05) is 17.6 Å². The van der Waals surface area contributed by atoms with Crippen LogP contribution in [0.2, 0.25) is 0 Å². The molecular formula is C16H25BrFN. The highest BCUT2D eigenvalue weighted by Gasteiger charge is 2.16. The molecule has 0 aliphatic heterocycles. The van der Waals surface area contributed by atoms with Crippen molar-refractivity contribution in [3.8, 4) is 0 Å². The second-order valence-corrected chi connectivity index (χ2v) is 6.92. The zero-order valence-electron chi connectivity index (χ0n) is 12.2. The molecule has 0 heterocycles. The Balaban J connectivity index is 2.36. The summed E-state index contributed by atoms with van der Waals surface area (Å²) in [5.41, 5.74) is 1.29. The molecule has 19 heavy (non-hydrogen) atoms. The fourth-order valence-electron chi connectivity index (χ4n) is 2.20. The van der Waals surface area contributed by atoms with Gasteiger partial charge in [-0.1, -0.05) is 56.0 Å². The Kier molecular flexibility index (Phi) is 7.01. The van der Waals surface area contributed by atoms with Crippen molar-refractivity contribution < 1.29 is 4.39 Å². The quantitative estimate of drug-likeness (QED) is 0.639. The van der Waals surface area contributed by atoms with Gasteiger partial charge >= 0.3 is 0 Å². The highest BCUT2D eigenvalue weighted by atomic mass is 79.9. The van der Waals surface area contributed by atoms with E-state index in [4.69, 9.17) is 0 Å². The van der Waals surface area contributed by atoms with Crippen molar-refractivity contribution in [3.63, 3.8) is 0 Å². The minimum atomic E-state index is -0.187. The molecule has 1 nitrogen and oxygen atoms in total. The van der Waals surface area contributed by atoms with Crippen molar-refractivity contribution in [3.05, 3.63) is 34.1 Å². The summed E-state index contributed by atoms with van der Waals surface area (Å²) < 4.78 is 14.0. The van der Waals surface area contributed by atoms with Crippen LogP contribution < -0.4 is 5.32 Å². The lowest BCUT2D eigenvalue weighted by atomic mass is 9.87. The third-order valence-corrected chi connectivity index (χ3v) is 3.77. The lowest BCUT2D eigenvalue weighted by molar-refractivity contribution is 0.302. The van der Waals surface area contributed by atoms with Gasteiger partial charge in [-0.2, -0.15) is 0 Å². The van der Waals surface area contributed by atoms with Gasteiger partial charge < -0.3 is 5.32 Å². The van der Waals surface area contributed by atoms with E-state index < -0.39 is 0 Å². The van der Waals surface area contributed by atoms with Gasteiger partial charge in [-0.25, -0.2) is 4.39 Å². The van der Waals surface area contributed by atoms with Crippen LogP contribution in [0, 0.1) is 11.2 Å². The maximum absolute atomic E-state index is 13.2. The molecule has 0 atom stereocenters. The predicted molar refractivity (Wildman–Crippen MR) is 83.7 cm³/mol. The molecule has 108 valence electrons. The van der Waals surface area contributed by atoms with Gasteiger partial charge in [-0.05, 0) is 35.6 Å². The lowest BCUT2D eigenvalue weighted by Crippen LogP contribution is -2.29. The van der Waals surface area contributed by atoms with E-state index in [2.05, 4.69) is 42.0 Å². The van der Waals surface area contributed by atoms with Crippen LogP contribution in [0.1, 0.15) is 52.0 Å². The highest BCUT2D eigenvalue weighted by Crippen LogP contribution is 2.23. The number of nitrogens with one attached hydrogen (secondary N) is 1. The van der Waals surface area contributed by atoms with Crippen molar-refractivity contribution in [2.75, 3.05) is 6.54 Å². The molecule has 0 amide bonds. The van der Waals surface area contributed by atoms with Crippen LogP contribution in [-0.4, -0.2) is 6.54 Å². The van der Waals surface area contributed by atoms with Gasteiger partial charge in [-0.3, -0.25) is 0 Å². The highest BCUT2D eigenvalue weighted by molar-refractivity contribution is 9.10. The molecule has 0 unspecified atom stereocenters. The van der Waals surface area contributed by atoms with Crippen molar-refractivity contribution in [2.45, 2.75) is 53.0 Å². The van der Waals surface area contributed by atoms with E-state index in [1.165, 1.54) is 31.7 Å². The van der Waals surface area contributed by atoms with Crippen molar-refractivity contribution in [1.82, 2.24) is 5.32 Å². The molecule has 0 fully saturated rings. The molecule has 3 heteroatoms. The predicted octanol–water partition coefficient (Wildman–Crippen LogP) is 5.28. The summed E-state index contributed by atoms with van der Waals surface area (Å²) >= 11 is 3.32. The average Bonchev–Trinajstić information content (AvgIpc) is 2.27. The number of rotatable bonds is 8. The molecular weight excluding hydrogens is 305 g/mol. The largest absolute Gasteiger partial charge is 0.312 e. The van der Waals surface area contributed by atoms with E-state index in [-0.39, 0.29) is 5.82 Å². The molecule has 1 N–H and O–H groups in total. The minimum absolute atomic E-state index is 0.187. The first-order chi connectivity index (χ1) is 8.93. The minimum Gasteiger partial charge on any atom is -0.312 e. The Labute approximate surface area is 125 Å². The maximum atomic E-state index is 13.2. The number of hydrogen-bond donors (Lipinski definition) is 1. The topological polar surface area (TPSA) is 12.0 Å². The van der Waals surface area contributed by atoms with Gasteiger partial charge in [0.15, 0.2) is 0 Å². The number of unbranched alkanes of at least 4 members (excludes halogenated alkanes) is 2. The van der Waals surface area contributed by atoms with Crippen LogP contribution in [0.4, 0.5) is 4.39 Å². The van der Waals surface area contributed by atoms with E-state index in [1.807, 2.05) is 6.07 Å². The average molecular weight is 330 g/mol. The molecule has 0 saturated carbocycles. The van der Waals surface area contributed by atoms with Gasteiger partial charge in [-0.15, -0.1) is 0 Å². The summed E-state index contributed by atoms with van der Waals surface area (Å²) in [7, 11) is 0. The number of hydrogen-bond acceptors (Lipinski definition) is 1. The third kappa shape index (κ3) is 7.07. The Hall–Kier alpha value is -0.410. The third-order valence-electron chi connectivity index (χ3n) is 3.31. The summed E-state index contributed by atoms with van der Waals surface area (Å²) in [6.07, 6.45) is 5.10. The summed E-state index contributed by atoms with van der Waals surface area (Å²) in [6.45, 7) is 8.49. The first kappa shape index (κ1) is 16.6. The lowest BCUT2D eigenvalue weighted by Gasteiger charge is -2.25. The van der Waals surface area contributed by atoms with Crippen LogP contribution in [0.3, 0.4) is 0 Å². The van der Waals surface area contributed by atoms with E-state index in [0.717, 1.165) is 16.6 Å². The van der Waals surface area contributed by atoms with E-state index >= 15 is 0 Å². The van der Waals surface area contributed by atoms with E-state index in [0.29, 0.717) is 12.0 Å². The van der Waals surface area contributed by atoms with Crippen LogP contribution in [0.5, 0.6) is 0 Å². The zero-order chi connectivity index (χ0) is 14.3. The molecule has 0 spiro atoms. The molecule has 1 aromatic carbocycles. The Morgan fingerprint density at radius 1 is 1.21 bits per heavy atom. The normalized spacial score (nSPS) is 11.8. The van der Waals surface area contributed by atoms with Gasteiger partial charge in [0.2, 0.25) is 0 Å². The van der Waals surface area contributed by atoms with E-state index in [9.17, 15) is 4.39 Å². The van der Waals surface area contributed by atoms with Gasteiger partial charge in [0.05, 0.1) is 0 Å². The summed E-state index contributed by atoms with van der Waals surface area (Å²) in [5, 5.41) is 3.44. The molecule has 1 aromatic rings. The fraction of sp³-hybridized carbons (Fsp3) is 0.625. The summed E-state index contributed by atoms with van der Waals surface area (Å²) in [6, 6.07) is 5.03. The van der Waals surface area contributed by atoms with Gasteiger partial charge in [0.25, 0.3) is 0 Å². The van der Waals surface area contributed by atoms with Crippen LogP contribution in [0.25, 0.3) is 0 Å².